The summed E-state index contributed by atoms with van der Waals surface area (Å²) in [5.74, 6) is -0.246. The van der Waals surface area contributed by atoms with Crippen molar-refractivity contribution in [3.63, 3.8) is 0 Å². The van der Waals surface area contributed by atoms with E-state index in [2.05, 4.69) is 10.1 Å². The average Bonchev–Trinajstić information content (AvgIpc) is 2.38. The first-order valence-corrected chi connectivity index (χ1v) is 6.18. The molecule has 0 saturated heterocycles. The van der Waals surface area contributed by atoms with Crippen LogP contribution in [-0.2, 0) is 11.3 Å². The maximum atomic E-state index is 12.5. The number of ether oxygens (including phenoxy) is 2. The lowest BCUT2D eigenvalue weighted by Gasteiger charge is -2.16. The molecule has 0 aliphatic rings. The zero-order valence-electron chi connectivity index (χ0n) is 11.8. The van der Waals surface area contributed by atoms with Crippen molar-refractivity contribution in [1.29, 1.82) is 0 Å². The highest BCUT2D eigenvalue weighted by Crippen LogP contribution is 2.32. The Morgan fingerprint density at radius 1 is 1.43 bits per heavy atom. The molecule has 0 saturated carbocycles. The van der Waals surface area contributed by atoms with Crippen molar-refractivity contribution in [2.24, 2.45) is 5.73 Å². The molecular formula is C13H19ClF2N2O3. The van der Waals surface area contributed by atoms with E-state index in [0.717, 1.165) is 0 Å². The summed E-state index contributed by atoms with van der Waals surface area (Å²) >= 11 is 0. The Balaban J connectivity index is 0.00000400. The lowest BCUT2D eigenvalue weighted by Crippen LogP contribution is -2.37. The van der Waals surface area contributed by atoms with Crippen molar-refractivity contribution >= 4 is 18.3 Å². The van der Waals surface area contributed by atoms with Gasteiger partial charge in [-0.15, -0.1) is 12.4 Å². The predicted octanol–water partition coefficient (Wildman–Crippen LogP) is 2.07. The Morgan fingerprint density at radius 3 is 2.62 bits per heavy atom. The lowest BCUT2D eigenvalue weighted by atomic mass is 10.1. The number of carbonyl (C=O) groups excluding carboxylic acids is 1. The highest BCUT2D eigenvalue weighted by Gasteiger charge is 2.16. The number of nitrogens with one attached hydrogen (secondary N) is 1. The number of nitrogens with two attached hydrogens (primary N) is 1. The predicted molar refractivity (Wildman–Crippen MR) is 77.0 cm³/mol. The minimum atomic E-state index is -2.97. The van der Waals surface area contributed by atoms with Crippen LogP contribution in [0.2, 0.25) is 0 Å². The molecule has 1 aromatic rings. The summed E-state index contributed by atoms with van der Waals surface area (Å²) in [4.78, 5) is 11.4. The summed E-state index contributed by atoms with van der Waals surface area (Å²) in [6, 6.07) is 4.06. The molecule has 0 fully saturated rings. The molecule has 0 radical (unpaired) electrons. The van der Waals surface area contributed by atoms with Gasteiger partial charge in [-0.1, -0.05) is 12.1 Å². The Hall–Kier alpha value is -1.60. The topological polar surface area (TPSA) is 73.6 Å². The molecule has 120 valence electrons. The van der Waals surface area contributed by atoms with Gasteiger partial charge in [-0.2, -0.15) is 8.78 Å². The first-order valence-electron chi connectivity index (χ1n) is 6.18. The molecule has 1 amide bonds. The SMILES string of the molecule is CCOc1cccc(CNC(=O)[C@H](C)N)c1OC(F)F.Cl. The minimum absolute atomic E-state index is 0. The van der Waals surface area contributed by atoms with Crippen molar-refractivity contribution in [1.82, 2.24) is 5.32 Å². The normalized spacial score (nSPS) is 11.5. The molecule has 1 rings (SSSR count). The second-order valence-corrected chi connectivity index (χ2v) is 4.06. The van der Waals surface area contributed by atoms with E-state index in [1.165, 1.54) is 13.0 Å². The van der Waals surface area contributed by atoms with Crippen LogP contribution in [0.4, 0.5) is 8.78 Å². The minimum Gasteiger partial charge on any atom is -0.490 e. The fourth-order valence-corrected chi connectivity index (χ4v) is 1.54. The number of para-hydroxylation sites is 1. The van der Waals surface area contributed by atoms with Crippen LogP contribution >= 0.6 is 12.4 Å². The molecule has 5 nitrogen and oxygen atoms in total. The smallest absolute Gasteiger partial charge is 0.387 e. The van der Waals surface area contributed by atoms with E-state index in [-0.39, 0.29) is 36.4 Å². The highest BCUT2D eigenvalue weighted by molar-refractivity contribution is 5.85. The van der Waals surface area contributed by atoms with Gasteiger partial charge in [0.25, 0.3) is 0 Å². The molecule has 0 unspecified atom stereocenters. The maximum Gasteiger partial charge on any atom is 0.387 e. The molecule has 0 aliphatic heterocycles. The van der Waals surface area contributed by atoms with Gasteiger partial charge < -0.3 is 20.5 Å². The van der Waals surface area contributed by atoms with Gasteiger partial charge in [0.15, 0.2) is 11.5 Å². The number of halogens is 3. The summed E-state index contributed by atoms with van der Waals surface area (Å²) in [7, 11) is 0. The number of hydrogen-bond acceptors (Lipinski definition) is 4. The molecule has 0 heterocycles. The number of amides is 1. The van der Waals surface area contributed by atoms with E-state index in [1.807, 2.05) is 0 Å². The van der Waals surface area contributed by atoms with Gasteiger partial charge in [0.2, 0.25) is 5.91 Å². The van der Waals surface area contributed by atoms with Crippen LogP contribution in [0.15, 0.2) is 18.2 Å². The Kier molecular flexibility index (Phi) is 8.64. The summed E-state index contributed by atoms with van der Waals surface area (Å²) in [5, 5.41) is 2.54. The van der Waals surface area contributed by atoms with E-state index in [1.54, 1.807) is 19.1 Å². The van der Waals surface area contributed by atoms with Gasteiger partial charge in [0.1, 0.15) is 0 Å². The van der Waals surface area contributed by atoms with Crippen molar-refractivity contribution in [3.05, 3.63) is 23.8 Å². The summed E-state index contributed by atoms with van der Waals surface area (Å²) in [5.41, 5.74) is 5.80. The zero-order valence-corrected chi connectivity index (χ0v) is 12.6. The number of carbonyl (C=O) groups is 1. The van der Waals surface area contributed by atoms with Crippen LogP contribution in [0.25, 0.3) is 0 Å². The molecule has 21 heavy (non-hydrogen) atoms. The Morgan fingerprint density at radius 2 is 2.10 bits per heavy atom. The Bertz CT molecular complexity index is 459. The van der Waals surface area contributed by atoms with Crippen molar-refractivity contribution in [2.45, 2.75) is 33.0 Å². The first kappa shape index (κ1) is 19.4. The lowest BCUT2D eigenvalue weighted by molar-refractivity contribution is -0.122. The fraction of sp³-hybridized carbons (Fsp3) is 0.462. The summed E-state index contributed by atoms with van der Waals surface area (Å²) in [6.45, 7) is 0.636. The van der Waals surface area contributed by atoms with Crippen molar-refractivity contribution in [3.8, 4) is 11.5 Å². The van der Waals surface area contributed by atoms with Gasteiger partial charge >= 0.3 is 6.61 Å². The molecule has 1 atom stereocenters. The highest BCUT2D eigenvalue weighted by atomic mass is 35.5. The van der Waals surface area contributed by atoms with Gasteiger partial charge in [0, 0.05) is 12.1 Å². The first-order chi connectivity index (χ1) is 9.45. The van der Waals surface area contributed by atoms with Crippen molar-refractivity contribution < 1.29 is 23.0 Å². The third-order valence-corrected chi connectivity index (χ3v) is 2.43. The molecule has 0 bridgehead atoms. The van der Waals surface area contributed by atoms with Crippen LogP contribution in [0.1, 0.15) is 19.4 Å². The van der Waals surface area contributed by atoms with Crippen LogP contribution < -0.4 is 20.5 Å². The van der Waals surface area contributed by atoms with E-state index in [4.69, 9.17) is 10.5 Å². The van der Waals surface area contributed by atoms with E-state index in [9.17, 15) is 13.6 Å². The number of hydrogen-bond donors (Lipinski definition) is 2. The Labute approximate surface area is 128 Å². The standard InChI is InChI=1S/C13H18F2N2O3.ClH/c1-3-19-10-6-4-5-9(11(10)20-13(14)15)7-17-12(18)8(2)16;/h4-6,8,13H,3,7,16H2,1-2H3,(H,17,18);1H/t8-;/m0./s1. The number of alkyl halides is 2. The quantitative estimate of drug-likeness (QED) is 0.805. The second kappa shape index (κ2) is 9.36. The second-order valence-electron chi connectivity index (χ2n) is 4.06. The van der Waals surface area contributed by atoms with Crippen LogP contribution in [-0.4, -0.2) is 25.2 Å². The van der Waals surface area contributed by atoms with Gasteiger partial charge in [0.05, 0.1) is 12.6 Å². The largest absolute Gasteiger partial charge is 0.490 e. The monoisotopic (exact) mass is 324 g/mol. The third-order valence-electron chi connectivity index (χ3n) is 2.43. The van der Waals surface area contributed by atoms with Gasteiger partial charge in [-0.25, -0.2) is 0 Å². The molecule has 0 spiro atoms. The zero-order chi connectivity index (χ0) is 15.1. The van der Waals surface area contributed by atoms with E-state index >= 15 is 0 Å². The van der Waals surface area contributed by atoms with Crippen LogP contribution in [0.3, 0.4) is 0 Å². The maximum absolute atomic E-state index is 12.5. The number of benzene rings is 1. The number of rotatable bonds is 7. The van der Waals surface area contributed by atoms with E-state index < -0.39 is 12.7 Å². The molecule has 1 aromatic carbocycles. The van der Waals surface area contributed by atoms with Crippen molar-refractivity contribution in [2.75, 3.05) is 6.61 Å². The van der Waals surface area contributed by atoms with Crippen LogP contribution in [0.5, 0.6) is 11.5 Å². The molecule has 3 N–H and O–H groups in total. The van der Waals surface area contributed by atoms with Gasteiger partial charge in [-0.3, -0.25) is 4.79 Å². The van der Waals surface area contributed by atoms with Crippen LogP contribution in [0, 0.1) is 0 Å². The molecule has 0 aromatic heterocycles. The summed E-state index contributed by atoms with van der Waals surface area (Å²) in [6.07, 6.45) is 0. The molecular weight excluding hydrogens is 306 g/mol. The fourth-order valence-electron chi connectivity index (χ4n) is 1.54. The third kappa shape index (κ3) is 6.14. The average molecular weight is 325 g/mol. The van der Waals surface area contributed by atoms with Gasteiger partial charge in [-0.05, 0) is 19.9 Å². The molecule has 8 heteroatoms. The molecule has 0 aliphatic carbocycles. The summed E-state index contributed by atoms with van der Waals surface area (Å²) < 4.78 is 34.6. The van der Waals surface area contributed by atoms with E-state index in [0.29, 0.717) is 12.2 Å².